The Morgan fingerprint density at radius 1 is 1.29 bits per heavy atom. The van der Waals surface area contributed by atoms with E-state index in [1.807, 2.05) is 0 Å². The van der Waals surface area contributed by atoms with E-state index >= 15 is 0 Å². The number of piperidine rings is 1. The topological polar surface area (TPSA) is 136 Å². The molecule has 3 heterocycles. The van der Waals surface area contributed by atoms with Crippen molar-refractivity contribution in [3.8, 4) is 6.07 Å². The number of halogens is 1. The number of likely N-dealkylation sites (tertiary alicyclic amines) is 1. The van der Waals surface area contributed by atoms with E-state index in [9.17, 15) is 19.2 Å². The quantitative estimate of drug-likeness (QED) is 0.587. The summed E-state index contributed by atoms with van der Waals surface area (Å²) >= 11 is 0. The van der Waals surface area contributed by atoms with E-state index in [0.29, 0.717) is 51.4 Å². The molecule has 2 amide bonds. The van der Waals surface area contributed by atoms with E-state index in [4.69, 9.17) is 15.2 Å². The standard InChI is InChI=1S/C24H29FN6O4/c25-18-1-3-19(4-2-18)28-23-20(22(27)32)13-31(29-23)21(5-9-26)17-6-10-30(11-7-17)24(33)35-15-16-8-12-34-14-16/h1-4,13,16-17,21H,5-8,10-12,14-15H2,(H2,27,32)(H,28,29)/t16?,21-/m0/s1. The number of aromatic nitrogens is 2. The maximum Gasteiger partial charge on any atom is 0.409 e. The van der Waals surface area contributed by atoms with Crippen LogP contribution >= 0.6 is 0 Å². The Morgan fingerprint density at radius 3 is 2.66 bits per heavy atom. The molecule has 0 radical (unpaired) electrons. The SMILES string of the molecule is N#CC[C@@H](C1CCN(C(=O)OCC2CCOC2)CC1)n1cc(C(N)=O)c(Nc2ccc(F)cc2)n1. The molecule has 0 saturated carbocycles. The summed E-state index contributed by atoms with van der Waals surface area (Å²) in [4.78, 5) is 26.2. The zero-order valence-corrected chi connectivity index (χ0v) is 19.4. The van der Waals surface area contributed by atoms with Gasteiger partial charge in [-0.3, -0.25) is 9.48 Å². The molecule has 11 heteroatoms. The number of rotatable bonds is 8. The molecule has 35 heavy (non-hydrogen) atoms. The number of hydrogen-bond donors (Lipinski definition) is 2. The average molecular weight is 485 g/mol. The molecular formula is C24H29FN6O4. The van der Waals surface area contributed by atoms with Gasteiger partial charge in [-0.1, -0.05) is 0 Å². The second kappa shape index (κ2) is 11.2. The summed E-state index contributed by atoms with van der Waals surface area (Å²) in [6.45, 7) is 2.72. The predicted octanol–water partition coefficient (Wildman–Crippen LogP) is 3.20. The van der Waals surface area contributed by atoms with E-state index in [-0.39, 0.29) is 47.6 Å². The number of nitrogens with two attached hydrogens (primary N) is 1. The van der Waals surface area contributed by atoms with Gasteiger partial charge in [-0.25, -0.2) is 9.18 Å². The summed E-state index contributed by atoms with van der Waals surface area (Å²) in [5.41, 5.74) is 6.28. The van der Waals surface area contributed by atoms with Crippen LogP contribution in [0.25, 0.3) is 0 Å². The zero-order chi connectivity index (χ0) is 24.8. The molecule has 4 rings (SSSR count). The van der Waals surface area contributed by atoms with Gasteiger partial charge in [0.2, 0.25) is 0 Å². The van der Waals surface area contributed by atoms with Gasteiger partial charge in [-0.2, -0.15) is 10.4 Å². The first-order valence-corrected chi connectivity index (χ1v) is 11.7. The normalized spacial score (nSPS) is 19.2. The molecule has 3 N–H and O–H groups in total. The van der Waals surface area contributed by atoms with Crippen molar-refractivity contribution in [2.24, 2.45) is 17.6 Å². The Hall–Kier alpha value is -3.65. The van der Waals surface area contributed by atoms with Crippen LogP contribution in [0, 0.1) is 29.0 Å². The number of primary amides is 1. The molecule has 0 spiro atoms. The number of ether oxygens (including phenoxy) is 2. The summed E-state index contributed by atoms with van der Waals surface area (Å²) in [6.07, 6.45) is 3.64. The number of nitrogens with one attached hydrogen (secondary N) is 1. The molecule has 2 saturated heterocycles. The first-order chi connectivity index (χ1) is 16.9. The molecule has 2 atom stereocenters. The third-order valence-corrected chi connectivity index (χ3v) is 6.55. The van der Waals surface area contributed by atoms with E-state index < -0.39 is 5.91 Å². The van der Waals surface area contributed by atoms with Crippen LogP contribution in [-0.2, 0) is 9.47 Å². The van der Waals surface area contributed by atoms with E-state index in [2.05, 4.69) is 16.5 Å². The van der Waals surface area contributed by atoms with E-state index in [1.165, 1.54) is 24.3 Å². The third kappa shape index (κ3) is 6.08. The molecule has 2 aromatic rings. The number of hydrogen-bond acceptors (Lipinski definition) is 7. The third-order valence-electron chi connectivity index (χ3n) is 6.55. The van der Waals surface area contributed by atoms with Crippen LogP contribution in [0.15, 0.2) is 30.5 Å². The molecule has 1 aromatic carbocycles. The Balaban J connectivity index is 1.41. The summed E-state index contributed by atoms with van der Waals surface area (Å²) < 4.78 is 25.6. The smallest absolute Gasteiger partial charge is 0.409 e. The zero-order valence-electron chi connectivity index (χ0n) is 19.4. The molecule has 2 fully saturated rings. The highest BCUT2D eigenvalue weighted by Crippen LogP contribution is 2.33. The molecule has 0 bridgehead atoms. The minimum atomic E-state index is -0.665. The lowest BCUT2D eigenvalue weighted by Crippen LogP contribution is -2.41. The van der Waals surface area contributed by atoms with Crippen molar-refractivity contribution in [2.45, 2.75) is 31.7 Å². The van der Waals surface area contributed by atoms with E-state index in [0.717, 1.165) is 6.42 Å². The highest BCUT2D eigenvalue weighted by Gasteiger charge is 2.32. The number of carbonyl (C=O) groups is 2. The maximum atomic E-state index is 13.2. The molecule has 1 unspecified atom stereocenters. The minimum Gasteiger partial charge on any atom is -0.449 e. The van der Waals surface area contributed by atoms with Crippen LogP contribution in [0.3, 0.4) is 0 Å². The Kier molecular flexibility index (Phi) is 7.82. The first kappa shape index (κ1) is 24.5. The molecule has 1 aromatic heterocycles. The van der Waals surface area contributed by atoms with Crippen molar-refractivity contribution in [3.63, 3.8) is 0 Å². The highest BCUT2D eigenvalue weighted by molar-refractivity contribution is 5.98. The van der Waals surface area contributed by atoms with Crippen LogP contribution in [0.1, 0.15) is 42.1 Å². The van der Waals surface area contributed by atoms with Crippen molar-refractivity contribution in [1.29, 1.82) is 5.26 Å². The first-order valence-electron chi connectivity index (χ1n) is 11.7. The van der Waals surface area contributed by atoms with Gasteiger partial charge in [-0.15, -0.1) is 0 Å². The Bertz CT molecular complexity index is 1070. The number of nitriles is 1. The fraction of sp³-hybridized carbons (Fsp3) is 0.500. The monoisotopic (exact) mass is 484 g/mol. The predicted molar refractivity (Wildman–Crippen MR) is 124 cm³/mol. The molecule has 10 nitrogen and oxygen atoms in total. The number of nitrogens with zero attached hydrogens (tertiary/aromatic N) is 4. The van der Waals surface area contributed by atoms with Crippen LogP contribution < -0.4 is 11.1 Å². The van der Waals surface area contributed by atoms with Crippen molar-refractivity contribution < 1.29 is 23.5 Å². The summed E-state index contributed by atoms with van der Waals surface area (Å²) in [7, 11) is 0. The van der Waals surface area contributed by atoms with Crippen molar-refractivity contribution in [3.05, 3.63) is 41.8 Å². The van der Waals surface area contributed by atoms with Crippen LogP contribution in [0.4, 0.5) is 20.7 Å². The largest absolute Gasteiger partial charge is 0.449 e. The van der Waals surface area contributed by atoms with Crippen LogP contribution in [-0.4, -0.2) is 59.6 Å². The minimum absolute atomic E-state index is 0.0706. The molecule has 2 aliphatic heterocycles. The van der Waals surface area contributed by atoms with E-state index in [1.54, 1.807) is 15.8 Å². The fourth-order valence-electron chi connectivity index (χ4n) is 4.54. The van der Waals surface area contributed by atoms with Crippen LogP contribution in [0.2, 0.25) is 0 Å². The fourth-order valence-corrected chi connectivity index (χ4v) is 4.54. The van der Waals surface area contributed by atoms with Crippen molar-refractivity contribution in [1.82, 2.24) is 14.7 Å². The van der Waals surface area contributed by atoms with Gasteiger partial charge >= 0.3 is 6.09 Å². The number of amides is 2. The summed E-state index contributed by atoms with van der Waals surface area (Å²) in [5, 5.41) is 17.0. The summed E-state index contributed by atoms with van der Waals surface area (Å²) in [6, 6.07) is 7.56. The highest BCUT2D eigenvalue weighted by atomic mass is 19.1. The lowest BCUT2D eigenvalue weighted by atomic mass is 9.88. The number of anilines is 2. The van der Waals surface area contributed by atoms with Gasteiger partial charge < -0.3 is 25.4 Å². The van der Waals surface area contributed by atoms with Gasteiger partial charge in [-0.05, 0) is 49.4 Å². The molecular weight excluding hydrogens is 455 g/mol. The van der Waals surface area contributed by atoms with Gasteiger partial charge in [0.15, 0.2) is 5.82 Å². The molecule has 0 aliphatic carbocycles. The average Bonchev–Trinajstić information content (AvgIpc) is 3.53. The van der Waals surface area contributed by atoms with Gasteiger partial charge in [0, 0.05) is 37.5 Å². The number of carbonyl (C=O) groups excluding carboxylic acids is 2. The van der Waals surface area contributed by atoms with Crippen molar-refractivity contribution >= 4 is 23.5 Å². The molecule has 2 aliphatic rings. The second-order valence-electron chi connectivity index (χ2n) is 8.93. The lowest BCUT2D eigenvalue weighted by molar-refractivity contribution is 0.0667. The number of benzene rings is 1. The Labute approximate surface area is 202 Å². The van der Waals surface area contributed by atoms with Gasteiger partial charge in [0.05, 0.1) is 31.7 Å². The molecule has 186 valence electrons. The lowest BCUT2D eigenvalue weighted by Gasteiger charge is -2.35. The van der Waals surface area contributed by atoms with Crippen LogP contribution in [0.5, 0.6) is 0 Å². The second-order valence-corrected chi connectivity index (χ2v) is 8.93. The summed E-state index contributed by atoms with van der Waals surface area (Å²) in [5.74, 6) is -0.478. The van der Waals surface area contributed by atoms with Crippen molar-refractivity contribution in [2.75, 3.05) is 38.2 Å². The van der Waals surface area contributed by atoms with Gasteiger partial charge in [0.1, 0.15) is 11.4 Å². The maximum absolute atomic E-state index is 13.2. The Morgan fingerprint density at radius 2 is 2.03 bits per heavy atom. The van der Waals surface area contributed by atoms with Gasteiger partial charge in [0.25, 0.3) is 5.91 Å².